The van der Waals surface area contributed by atoms with Gasteiger partial charge in [0.2, 0.25) is 0 Å². The van der Waals surface area contributed by atoms with Crippen LogP contribution in [0.5, 0.6) is 0 Å². The first-order chi connectivity index (χ1) is 5.74. The molecule has 0 radical (unpaired) electrons. The minimum absolute atomic E-state index is 0.713. The van der Waals surface area contributed by atoms with E-state index in [4.69, 9.17) is 5.73 Å². The molecule has 0 aromatic carbocycles. The van der Waals surface area contributed by atoms with Crippen molar-refractivity contribution in [1.82, 2.24) is 4.90 Å². The van der Waals surface area contributed by atoms with Gasteiger partial charge in [0.15, 0.2) is 0 Å². The largest absolute Gasteiger partial charge is 0.329 e. The van der Waals surface area contributed by atoms with E-state index in [1.54, 1.807) is 0 Å². The van der Waals surface area contributed by atoms with E-state index in [9.17, 15) is 0 Å². The van der Waals surface area contributed by atoms with E-state index < -0.39 is 0 Å². The maximum absolute atomic E-state index is 5.68. The highest BCUT2D eigenvalue weighted by Crippen LogP contribution is 2.40. The van der Waals surface area contributed by atoms with Crippen molar-refractivity contribution in [1.29, 1.82) is 0 Å². The molecule has 4 atom stereocenters. The fourth-order valence-corrected chi connectivity index (χ4v) is 2.58. The molecule has 1 aliphatic heterocycles. The highest BCUT2D eigenvalue weighted by molar-refractivity contribution is 4.98. The lowest BCUT2D eigenvalue weighted by Crippen LogP contribution is -2.62. The van der Waals surface area contributed by atoms with Crippen LogP contribution in [0.3, 0.4) is 0 Å². The lowest BCUT2D eigenvalue weighted by Gasteiger charge is -2.55. The van der Waals surface area contributed by atoms with Crippen LogP contribution in [0, 0.1) is 11.8 Å². The molecule has 0 amide bonds. The molecule has 1 saturated carbocycles. The van der Waals surface area contributed by atoms with Gasteiger partial charge in [-0.1, -0.05) is 13.8 Å². The first-order valence-corrected chi connectivity index (χ1v) is 5.20. The summed E-state index contributed by atoms with van der Waals surface area (Å²) >= 11 is 0. The van der Waals surface area contributed by atoms with E-state index in [0.29, 0.717) is 6.04 Å². The van der Waals surface area contributed by atoms with Crippen LogP contribution < -0.4 is 5.73 Å². The minimum atomic E-state index is 0.713. The van der Waals surface area contributed by atoms with Gasteiger partial charge in [0.1, 0.15) is 0 Å². The minimum Gasteiger partial charge on any atom is -0.329 e. The average molecular weight is 168 g/mol. The molecule has 1 aliphatic carbocycles. The quantitative estimate of drug-likeness (QED) is 0.668. The van der Waals surface area contributed by atoms with Crippen molar-refractivity contribution in [2.45, 2.75) is 38.8 Å². The van der Waals surface area contributed by atoms with Gasteiger partial charge in [0.25, 0.3) is 0 Å². The molecule has 12 heavy (non-hydrogen) atoms. The van der Waals surface area contributed by atoms with Crippen molar-refractivity contribution in [3.63, 3.8) is 0 Å². The molecule has 2 rings (SSSR count). The molecule has 2 N–H and O–H groups in total. The van der Waals surface area contributed by atoms with Gasteiger partial charge in [0, 0.05) is 25.2 Å². The number of nitrogens with zero attached hydrogens (tertiary/aromatic N) is 1. The number of hydrogen-bond acceptors (Lipinski definition) is 2. The van der Waals surface area contributed by atoms with Crippen molar-refractivity contribution >= 4 is 0 Å². The molecular formula is C10H20N2. The highest BCUT2D eigenvalue weighted by atomic mass is 15.3. The third-order valence-corrected chi connectivity index (χ3v) is 4.01. The predicted octanol–water partition coefficient (Wildman–Crippen LogP) is 1.06. The third-order valence-electron chi connectivity index (χ3n) is 4.01. The Morgan fingerprint density at radius 1 is 1.42 bits per heavy atom. The predicted molar refractivity (Wildman–Crippen MR) is 50.9 cm³/mol. The van der Waals surface area contributed by atoms with Crippen LogP contribution in [-0.4, -0.2) is 30.1 Å². The molecule has 4 unspecified atom stereocenters. The second kappa shape index (κ2) is 3.00. The standard InChI is InChI=1S/C10H20N2/c1-7-5-10(8(7)2)12-4-3-9(12)6-11/h7-10H,3-6,11H2,1-2H3. The van der Waals surface area contributed by atoms with E-state index in [-0.39, 0.29) is 0 Å². The zero-order valence-electron chi connectivity index (χ0n) is 8.16. The van der Waals surface area contributed by atoms with Crippen molar-refractivity contribution < 1.29 is 0 Å². The number of nitrogens with two attached hydrogens (primary N) is 1. The summed E-state index contributed by atoms with van der Waals surface area (Å²) in [4.78, 5) is 2.62. The molecule has 2 aliphatic rings. The van der Waals surface area contributed by atoms with E-state index in [1.807, 2.05) is 0 Å². The fourth-order valence-electron chi connectivity index (χ4n) is 2.58. The van der Waals surface area contributed by atoms with Crippen LogP contribution in [-0.2, 0) is 0 Å². The Balaban J connectivity index is 1.86. The Morgan fingerprint density at radius 3 is 2.50 bits per heavy atom. The van der Waals surface area contributed by atoms with Crippen molar-refractivity contribution in [2.24, 2.45) is 17.6 Å². The third kappa shape index (κ3) is 1.09. The monoisotopic (exact) mass is 168 g/mol. The smallest absolute Gasteiger partial charge is 0.0233 e. The lowest BCUT2D eigenvalue weighted by atomic mass is 9.69. The summed E-state index contributed by atoms with van der Waals surface area (Å²) in [5, 5.41) is 0. The summed E-state index contributed by atoms with van der Waals surface area (Å²) in [6.45, 7) is 6.89. The second-order valence-corrected chi connectivity index (χ2v) is 4.56. The van der Waals surface area contributed by atoms with E-state index in [2.05, 4.69) is 18.7 Å². The summed E-state index contributed by atoms with van der Waals surface area (Å²) in [6.07, 6.45) is 2.73. The zero-order valence-corrected chi connectivity index (χ0v) is 8.16. The molecule has 1 heterocycles. The van der Waals surface area contributed by atoms with Gasteiger partial charge in [-0.25, -0.2) is 0 Å². The summed E-state index contributed by atoms with van der Waals surface area (Å²) in [5.74, 6) is 1.84. The number of rotatable bonds is 2. The van der Waals surface area contributed by atoms with Crippen LogP contribution in [0.15, 0.2) is 0 Å². The normalized spacial score (nSPS) is 48.2. The number of likely N-dealkylation sites (tertiary alicyclic amines) is 1. The Hall–Kier alpha value is -0.0800. The Kier molecular flexibility index (Phi) is 2.13. The maximum atomic E-state index is 5.68. The van der Waals surface area contributed by atoms with Crippen LogP contribution >= 0.6 is 0 Å². The molecular weight excluding hydrogens is 148 g/mol. The molecule has 2 nitrogen and oxygen atoms in total. The summed E-state index contributed by atoms with van der Waals surface area (Å²) in [5.41, 5.74) is 5.68. The van der Waals surface area contributed by atoms with E-state index >= 15 is 0 Å². The van der Waals surface area contributed by atoms with Crippen molar-refractivity contribution in [2.75, 3.05) is 13.1 Å². The van der Waals surface area contributed by atoms with Gasteiger partial charge >= 0.3 is 0 Å². The van der Waals surface area contributed by atoms with Crippen LogP contribution in [0.25, 0.3) is 0 Å². The molecule has 0 aromatic rings. The van der Waals surface area contributed by atoms with Gasteiger partial charge in [-0.2, -0.15) is 0 Å². The highest BCUT2D eigenvalue weighted by Gasteiger charge is 2.43. The van der Waals surface area contributed by atoms with E-state index in [1.165, 1.54) is 19.4 Å². The van der Waals surface area contributed by atoms with Gasteiger partial charge in [-0.3, -0.25) is 4.90 Å². The topological polar surface area (TPSA) is 29.3 Å². The second-order valence-electron chi connectivity index (χ2n) is 4.56. The zero-order chi connectivity index (χ0) is 8.72. The van der Waals surface area contributed by atoms with Crippen LogP contribution in [0.2, 0.25) is 0 Å². The van der Waals surface area contributed by atoms with Gasteiger partial charge in [-0.15, -0.1) is 0 Å². The molecule has 0 aromatic heterocycles. The van der Waals surface area contributed by atoms with Crippen molar-refractivity contribution in [3.05, 3.63) is 0 Å². The number of hydrogen-bond donors (Lipinski definition) is 1. The van der Waals surface area contributed by atoms with Gasteiger partial charge in [-0.05, 0) is 24.7 Å². The maximum Gasteiger partial charge on any atom is 0.0233 e. The van der Waals surface area contributed by atoms with Crippen molar-refractivity contribution in [3.8, 4) is 0 Å². The average Bonchev–Trinajstić information content (AvgIpc) is 2.02. The fraction of sp³-hybridized carbons (Fsp3) is 1.00. The van der Waals surface area contributed by atoms with E-state index in [0.717, 1.165) is 24.4 Å². The van der Waals surface area contributed by atoms with Crippen LogP contribution in [0.1, 0.15) is 26.7 Å². The first kappa shape index (κ1) is 8.52. The Labute approximate surface area is 75.1 Å². The molecule has 0 spiro atoms. The van der Waals surface area contributed by atoms with Gasteiger partial charge < -0.3 is 5.73 Å². The lowest BCUT2D eigenvalue weighted by molar-refractivity contribution is -0.0513. The van der Waals surface area contributed by atoms with Gasteiger partial charge in [0.05, 0.1) is 0 Å². The summed E-state index contributed by atoms with van der Waals surface area (Å²) < 4.78 is 0. The van der Waals surface area contributed by atoms with Crippen LogP contribution in [0.4, 0.5) is 0 Å². The molecule has 0 bridgehead atoms. The molecule has 2 heteroatoms. The molecule has 1 saturated heterocycles. The Bertz CT molecular complexity index is 165. The SMILES string of the molecule is CC1CC(N2CCC2CN)C1C. The Morgan fingerprint density at radius 2 is 2.17 bits per heavy atom. The first-order valence-electron chi connectivity index (χ1n) is 5.20. The summed E-state index contributed by atoms with van der Waals surface area (Å²) in [6, 6.07) is 1.58. The summed E-state index contributed by atoms with van der Waals surface area (Å²) in [7, 11) is 0. The molecule has 70 valence electrons. The molecule has 2 fully saturated rings.